The number of rotatable bonds is 4. The summed E-state index contributed by atoms with van der Waals surface area (Å²) in [4.78, 5) is 40.0. The normalized spacial score (nSPS) is 27.8. The lowest BCUT2D eigenvalue weighted by Gasteiger charge is -2.29. The lowest BCUT2D eigenvalue weighted by Crippen LogP contribution is -2.58. The molecule has 8 nitrogen and oxygen atoms in total. The van der Waals surface area contributed by atoms with E-state index in [1.165, 1.54) is 0 Å². The van der Waals surface area contributed by atoms with E-state index in [9.17, 15) is 24.6 Å². The first-order valence-electron chi connectivity index (χ1n) is 9.41. The third kappa shape index (κ3) is 2.64. The average Bonchev–Trinajstić information content (AvgIpc) is 3.23. The van der Waals surface area contributed by atoms with Gasteiger partial charge in [-0.3, -0.25) is 19.7 Å². The van der Waals surface area contributed by atoms with E-state index in [-0.39, 0.29) is 0 Å². The van der Waals surface area contributed by atoms with E-state index in [4.69, 9.17) is 5.26 Å². The number of aliphatic hydroxyl groups excluding tert-OH is 1. The molecule has 0 bridgehead atoms. The first kappa shape index (κ1) is 19.8. The highest BCUT2D eigenvalue weighted by atomic mass is 16.4. The topological polar surface area (TPSA) is 131 Å². The summed E-state index contributed by atoms with van der Waals surface area (Å²) in [5.74, 6) is -4.85. The van der Waals surface area contributed by atoms with Gasteiger partial charge in [0.15, 0.2) is 5.54 Å². The number of anilines is 1. The molecule has 3 N–H and O–H groups in total. The van der Waals surface area contributed by atoms with Crippen molar-refractivity contribution in [2.24, 2.45) is 11.8 Å². The van der Waals surface area contributed by atoms with Crippen molar-refractivity contribution in [2.75, 3.05) is 11.5 Å². The Bertz CT molecular complexity index is 1090. The van der Waals surface area contributed by atoms with Crippen LogP contribution in [-0.2, 0) is 14.4 Å². The molecule has 2 aliphatic rings. The van der Waals surface area contributed by atoms with Gasteiger partial charge in [-0.25, -0.2) is 4.90 Å². The number of hydrogen-bond acceptors (Lipinski definition) is 6. The van der Waals surface area contributed by atoms with Crippen LogP contribution in [0.25, 0.3) is 0 Å². The van der Waals surface area contributed by atoms with Crippen molar-refractivity contribution in [2.45, 2.75) is 18.5 Å². The summed E-state index contributed by atoms with van der Waals surface area (Å²) in [5, 5.41) is 31.8. The van der Waals surface area contributed by atoms with Crippen molar-refractivity contribution < 1.29 is 24.6 Å². The van der Waals surface area contributed by atoms with Crippen molar-refractivity contribution in [3.05, 3.63) is 65.2 Å². The number of imide groups is 1. The van der Waals surface area contributed by atoms with Gasteiger partial charge in [0.25, 0.3) is 0 Å². The molecule has 2 aromatic carbocycles. The Morgan fingerprint density at radius 2 is 1.83 bits per heavy atom. The first-order valence-corrected chi connectivity index (χ1v) is 9.41. The zero-order valence-electron chi connectivity index (χ0n) is 16.1. The fraction of sp³-hybridized carbons (Fsp3) is 0.273. The molecule has 2 aromatic rings. The molecule has 4 atom stereocenters. The third-order valence-electron chi connectivity index (χ3n) is 6.04. The maximum atomic E-state index is 13.4. The number of aliphatic carboxylic acids is 1. The maximum Gasteiger partial charge on any atom is 0.327 e. The molecule has 0 aliphatic carbocycles. The molecule has 4 unspecified atom stereocenters. The average molecular weight is 405 g/mol. The minimum atomic E-state index is -1.99. The smallest absolute Gasteiger partial charge is 0.327 e. The van der Waals surface area contributed by atoms with Gasteiger partial charge in [0.1, 0.15) is 0 Å². The van der Waals surface area contributed by atoms with E-state index in [1.54, 1.807) is 55.5 Å². The van der Waals surface area contributed by atoms with Crippen molar-refractivity contribution in [1.29, 1.82) is 5.26 Å². The molecule has 2 fully saturated rings. The predicted molar refractivity (Wildman–Crippen MR) is 105 cm³/mol. The monoisotopic (exact) mass is 405 g/mol. The van der Waals surface area contributed by atoms with Crippen LogP contribution in [-0.4, -0.2) is 40.1 Å². The molecule has 30 heavy (non-hydrogen) atoms. The van der Waals surface area contributed by atoms with Crippen LogP contribution in [0.3, 0.4) is 0 Å². The molecule has 2 aliphatic heterocycles. The van der Waals surface area contributed by atoms with Crippen LogP contribution in [0.4, 0.5) is 5.69 Å². The Hall–Kier alpha value is -3.54. The molecule has 0 aromatic heterocycles. The summed E-state index contributed by atoms with van der Waals surface area (Å²) in [5.41, 5.74) is 0.0845. The SMILES string of the molecule is Cc1ccccc1N1C(=O)C2C(c3ccc(C#N)cc3)NC(CO)(C(=O)O)C2C1=O. The number of para-hydroxylation sites is 1. The molecule has 0 radical (unpaired) electrons. The Labute approximate surface area is 172 Å². The van der Waals surface area contributed by atoms with Gasteiger partial charge in [0.2, 0.25) is 11.8 Å². The number of amides is 2. The Morgan fingerprint density at radius 3 is 2.40 bits per heavy atom. The molecule has 2 heterocycles. The van der Waals surface area contributed by atoms with Crippen LogP contribution in [0, 0.1) is 30.1 Å². The highest BCUT2D eigenvalue weighted by molar-refractivity contribution is 6.24. The second kappa shape index (κ2) is 7.06. The number of fused-ring (bicyclic) bond motifs is 1. The number of aryl methyl sites for hydroxylation is 1. The minimum Gasteiger partial charge on any atom is -0.480 e. The van der Waals surface area contributed by atoms with Crippen molar-refractivity contribution in [1.82, 2.24) is 5.32 Å². The molecule has 4 rings (SSSR count). The quantitative estimate of drug-likeness (QED) is 0.650. The van der Waals surface area contributed by atoms with Gasteiger partial charge in [-0.05, 0) is 36.2 Å². The van der Waals surface area contributed by atoms with Crippen LogP contribution in [0.1, 0.15) is 22.7 Å². The van der Waals surface area contributed by atoms with Crippen molar-refractivity contribution in [3.63, 3.8) is 0 Å². The number of carboxylic acid groups (broad SMARTS) is 1. The van der Waals surface area contributed by atoms with Gasteiger partial charge in [-0.2, -0.15) is 5.26 Å². The maximum absolute atomic E-state index is 13.4. The summed E-state index contributed by atoms with van der Waals surface area (Å²) in [7, 11) is 0. The van der Waals surface area contributed by atoms with Gasteiger partial charge >= 0.3 is 5.97 Å². The van der Waals surface area contributed by atoms with Crippen LogP contribution in [0.5, 0.6) is 0 Å². The predicted octanol–water partition coefficient (Wildman–Crippen LogP) is 1.13. The number of hydrogen-bond donors (Lipinski definition) is 3. The fourth-order valence-electron chi connectivity index (χ4n) is 4.52. The summed E-state index contributed by atoms with van der Waals surface area (Å²) in [6.45, 7) is 0.910. The second-order valence-electron chi connectivity index (χ2n) is 7.59. The number of nitrogens with one attached hydrogen (secondary N) is 1. The van der Waals surface area contributed by atoms with E-state index in [0.29, 0.717) is 22.4 Å². The van der Waals surface area contributed by atoms with E-state index < -0.39 is 47.8 Å². The largest absolute Gasteiger partial charge is 0.480 e. The molecular weight excluding hydrogens is 386 g/mol. The Morgan fingerprint density at radius 1 is 1.17 bits per heavy atom. The molecule has 2 saturated heterocycles. The highest BCUT2D eigenvalue weighted by Crippen LogP contribution is 2.50. The first-order chi connectivity index (χ1) is 14.4. The highest BCUT2D eigenvalue weighted by Gasteiger charge is 2.68. The number of carbonyl (C=O) groups excluding carboxylic acids is 2. The van der Waals surface area contributed by atoms with Crippen LogP contribution >= 0.6 is 0 Å². The van der Waals surface area contributed by atoms with Crippen molar-refractivity contribution >= 4 is 23.5 Å². The summed E-state index contributed by atoms with van der Waals surface area (Å²) >= 11 is 0. The molecular formula is C22H19N3O5. The van der Waals surface area contributed by atoms with E-state index >= 15 is 0 Å². The standard InChI is InChI=1S/C22H19N3O5/c1-12-4-2-3-5-15(12)25-19(27)16-17(20(25)28)22(11-26,21(29)30)24-18(16)14-8-6-13(10-23)7-9-14/h2-9,16-18,24,26H,11H2,1H3,(H,29,30). The van der Waals surface area contributed by atoms with Gasteiger partial charge in [0.05, 0.1) is 35.8 Å². The lowest BCUT2D eigenvalue weighted by molar-refractivity contribution is -0.150. The zero-order chi connectivity index (χ0) is 21.6. The zero-order valence-corrected chi connectivity index (χ0v) is 16.1. The fourth-order valence-corrected chi connectivity index (χ4v) is 4.52. The van der Waals surface area contributed by atoms with E-state index in [0.717, 1.165) is 4.90 Å². The molecule has 0 saturated carbocycles. The van der Waals surface area contributed by atoms with Gasteiger partial charge in [-0.15, -0.1) is 0 Å². The molecule has 8 heteroatoms. The van der Waals surface area contributed by atoms with Gasteiger partial charge < -0.3 is 10.2 Å². The van der Waals surface area contributed by atoms with Crippen molar-refractivity contribution in [3.8, 4) is 6.07 Å². The number of carbonyl (C=O) groups is 3. The van der Waals surface area contributed by atoms with Gasteiger partial charge in [0, 0.05) is 6.04 Å². The number of carboxylic acids is 1. The van der Waals surface area contributed by atoms with E-state index in [2.05, 4.69) is 5.32 Å². The van der Waals surface area contributed by atoms with Crippen LogP contribution in [0.2, 0.25) is 0 Å². The van der Waals surface area contributed by atoms with Gasteiger partial charge in [-0.1, -0.05) is 30.3 Å². The van der Waals surface area contributed by atoms with E-state index in [1.807, 2.05) is 6.07 Å². The van der Waals surface area contributed by atoms with Crippen LogP contribution < -0.4 is 10.2 Å². The Balaban J connectivity index is 1.86. The second-order valence-corrected chi connectivity index (χ2v) is 7.59. The number of aliphatic hydroxyl groups is 1. The lowest BCUT2D eigenvalue weighted by atomic mass is 9.79. The van der Waals surface area contributed by atoms with Crippen LogP contribution in [0.15, 0.2) is 48.5 Å². The number of benzene rings is 2. The third-order valence-corrected chi connectivity index (χ3v) is 6.04. The summed E-state index contributed by atoms with van der Waals surface area (Å²) in [6.07, 6.45) is 0. The molecule has 0 spiro atoms. The summed E-state index contributed by atoms with van der Waals surface area (Å²) < 4.78 is 0. The molecule has 152 valence electrons. The minimum absolute atomic E-state index is 0.401. The molecule has 2 amide bonds. The number of nitrogens with zero attached hydrogens (tertiary/aromatic N) is 2. The number of nitriles is 1. The summed E-state index contributed by atoms with van der Waals surface area (Å²) in [6, 6.07) is 14.4. The Kier molecular flexibility index (Phi) is 4.65.